The predicted octanol–water partition coefficient (Wildman–Crippen LogP) is 3.55. The molecule has 0 radical (unpaired) electrons. The molecule has 0 fully saturated rings. The van der Waals surface area contributed by atoms with E-state index in [2.05, 4.69) is 5.32 Å². The maximum atomic E-state index is 11.4. The zero-order chi connectivity index (χ0) is 15.3. The van der Waals surface area contributed by atoms with Crippen molar-refractivity contribution in [3.63, 3.8) is 0 Å². The molecule has 0 aliphatic carbocycles. The number of nitrogens with one attached hydrogen (secondary N) is 1. The molecule has 0 aliphatic rings. The number of benzene rings is 2. The van der Waals surface area contributed by atoms with E-state index in [1.54, 1.807) is 0 Å². The number of hydrogen-bond acceptors (Lipinski definition) is 1. The average Bonchev–Trinajstić information content (AvgIpc) is 2.41. The van der Waals surface area contributed by atoms with Gasteiger partial charge in [-0.15, -0.1) is 0 Å². The lowest BCUT2D eigenvalue weighted by atomic mass is 9.86. The smallest absolute Gasteiger partial charge is 0.312 e. The van der Waals surface area contributed by atoms with Gasteiger partial charge in [-0.25, -0.2) is 4.79 Å². The van der Waals surface area contributed by atoms with Gasteiger partial charge in [0.15, 0.2) is 0 Å². The number of hydrogen-bond donors (Lipinski definition) is 2. The molecule has 3 nitrogen and oxygen atoms in total. The van der Waals surface area contributed by atoms with Crippen molar-refractivity contribution in [2.24, 2.45) is 5.73 Å². The number of nitrogens with two attached hydrogens (primary N) is 1. The fraction of sp³-hybridized carbons (Fsp3) is 0.235. The molecule has 0 saturated carbocycles. The van der Waals surface area contributed by atoms with Crippen LogP contribution in [0.4, 0.5) is 4.79 Å². The summed E-state index contributed by atoms with van der Waals surface area (Å²) in [6.45, 7) is 1.98. The highest BCUT2D eigenvalue weighted by molar-refractivity contribution is 6.31. The number of primary amides is 1. The maximum Gasteiger partial charge on any atom is 0.312 e. The van der Waals surface area contributed by atoms with Gasteiger partial charge in [-0.2, -0.15) is 0 Å². The summed E-state index contributed by atoms with van der Waals surface area (Å²) < 4.78 is 0. The van der Waals surface area contributed by atoms with Crippen molar-refractivity contribution in [3.8, 4) is 0 Å². The molecule has 4 heteroatoms. The number of amides is 2. The van der Waals surface area contributed by atoms with Gasteiger partial charge in [0.2, 0.25) is 0 Å². The lowest BCUT2D eigenvalue weighted by Gasteiger charge is -2.31. The molecule has 21 heavy (non-hydrogen) atoms. The number of carbonyl (C=O) groups excluding carboxylic acids is 1. The third-order valence-corrected chi connectivity index (χ3v) is 3.77. The Kier molecular flexibility index (Phi) is 4.86. The largest absolute Gasteiger partial charge is 0.352 e. The fourth-order valence-corrected chi connectivity index (χ4v) is 2.76. The van der Waals surface area contributed by atoms with E-state index in [4.69, 9.17) is 17.3 Å². The van der Waals surface area contributed by atoms with Crippen LogP contribution in [0.25, 0.3) is 0 Å². The van der Waals surface area contributed by atoms with Crippen LogP contribution in [0.3, 0.4) is 0 Å². The van der Waals surface area contributed by atoms with E-state index in [1.165, 1.54) is 0 Å². The molecule has 0 spiro atoms. The molecule has 0 bridgehead atoms. The predicted molar refractivity (Wildman–Crippen MR) is 86.4 cm³/mol. The van der Waals surface area contributed by atoms with Crippen molar-refractivity contribution >= 4 is 17.6 Å². The Morgan fingerprint density at radius 2 is 1.71 bits per heavy atom. The molecule has 0 aromatic heterocycles. The summed E-state index contributed by atoms with van der Waals surface area (Å²) in [4.78, 5) is 11.4. The standard InChI is InChI=1S/C17H19ClN2O/c1-17(20-16(19)21,11-13-7-3-2-4-8-13)12-14-9-5-6-10-15(14)18/h2-10H,11-12H2,1H3,(H3,19,20,21). The highest BCUT2D eigenvalue weighted by atomic mass is 35.5. The van der Waals surface area contributed by atoms with E-state index >= 15 is 0 Å². The minimum absolute atomic E-state index is 0.488. The number of urea groups is 1. The lowest BCUT2D eigenvalue weighted by molar-refractivity contribution is 0.235. The van der Waals surface area contributed by atoms with E-state index < -0.39 is 11.6 Å². The molecule has 110 valence electrons. The van der Waals surface area contributed by atoms with E-state index in [9.17, 15) is 4.79 Å². The quantitative estimate of drug-likeness (QED) is 0.872. The zero-order valence-electron chi connectivity index (χ0n) is 12.0. The van der Waals surface area contributed by atoms with Gasteiger partial charge in [0.25, 0.3) is 0 Å². The molecule has 0 aliphatic heterocycles. The minimum atomic E-state index is -0.527. The van der Waals surface area contributed by atoms with Gasteiger partial charge >= 0.3 is 6.03 Å². The van der Waals surface area contributed by atoms with Gasteiger partial charge in [0.1, 0.15) is 0 Å². The third kappa shape index (κ3) is 4.50. The van der Waals surface area contributed by atoms with Crippen molar-refractivity contribution in [1.82, 2.24) is 5.32 Å². The second-order valence-corrected chi connectivity index (χ2v) is 5.89. The SMILES string of the molecule is CC(Cc1ccccc1)(Cc1ccccc1Cl)NC(N)=O. The average molecular weight is 303 g/mol. The monoisotopic (exact) mass is 302 g/mol. The second-order valence-electron chi connectivity index (χ2n) is 5.48. The molecule has 1 unspecified atom stereocenters. The summed E-state index contributed by atoms with van der Waals surface area (Å²) in [6, 6.07) is 17.1. The molecular formula is C17H19ClN2O. The number of halogens is 1. The Bertz CT molecular complexity index is 615. The second kappa shape index (κ2) is 6.64. The van der Waals surface area contributed by atoms with Gasteiger partial charge < -0.3 is 11.1 Å². The van der Waals surface area contributed by atoms with E-state index in [0.717, 1.165) is 11.1 Å². The van der Waals surface area contributed by atoms with Gasteiger partial charge in [-0.05, 0) is 37.0 Å². The van der Waals surface area contributed by atoms with Crippen molar-refractivity contribution in [2.45, 2.75) is 25.3 Å². The van der Waals surface area contributed by atoms with E-state index in [-0.39, 0.29) is 0 Å². The third-order valence-electron chi connectivity index (χ3n) is 3.40. The minimum Gasteiger partial charge on any atom is -0.352 e. The Morgan fingerprint density at radius 3 is 2.33 bits per heavy atom. The Balaban J connectivity index is 2.24. The van der Waals surface area contributed by atoms with Gasteiger partial charge in [0, 0.05) is 10.6 Å². The lowest BCUT2D eigenvalue weighted by Crippen LogP contribution is -2.51. The van der Waals surface area contributed by atoms with Crippen LogP contribution in [0.2, 0.25) is 5.02 Å². The Morgan fingerprint density at radius 1 is 1.10 bits per heavy atom. The molecule has 2 amide bonds. The van der Waals surface area contributed by atoms with Crippen LogP contribution >= 0.6 is 11.6 Å². The van der Waals surface area contributed by atoms with Crippen LogP contribution in [0.5, 0.6) is 0 Å². The van der Waals surface area contributed by atoms with Crippen molar-refractivity contribution in [2.75, 3.05) is 0 Å². The Hall–Kier alpha value is -2.00. The molecule has 3 N–H and O–H groups in total. The number of rotatable bonds is 5. The molecular weight excluding hydrogens is 284 g/mol. The van der Waals surface area contributed by atoms with Gasteiger partial charge in [0.05, 0.1) is 0 Å². The van der Waals surface area contributed by atoms with Crippen LogP contribution in [-0.4, -0.2) is 11.6 Å². The molecule has 2 aromatic rings. The summed E-state index contributed by atoms with van der Waals surface area (Å²) in [7, 11) is 0. The van der Waals surface area contributed by atoms with Crippen LogP contribution in [0.1, 0.15) is 18.1 Å². The maximum absolute atomic E-state index is 11.4. The Labute approximate surface area is 130 Å². The molecule has 1 atom stereocenters. The van der Waals surface area contributed by atoms with Crippen molar-refractivity contribution < 1.29 is 4.79 Å². The molecule has 0 heterocycles. The first kappa shape index (κ1) is 15.4. The van der Waals surface area contributed by atoms with Crippen molar-refractivity contribution in [3.05, 3.63) is 70.7 Å². The highest BCUT2D eigenvalue weighted by Gasteiger charge is 2.27. The summed E-state index contributed by atoms with van der Waals surface area (Å²) >= 11 is 6.23. The summed E-state index contributed by atoms with van der Waals surface area (Å²) in [5, 5.41) is 3.56. The number of carbonyl (C=O) groups is 1. The zero-order valence-corrected chi connectivity index (χ0v) is 12.7. The topological polar surface area (TPSA) is 55.1 Å². The normalized spacial score (nSPS) is 13.4. The first-order valence-electron chi connectivity index (χ1n) is 6.83. The molecule has 2 rings (SSSR count). The first-order valence-corrected chi connectivity index (χ1v) is 7.21. The molecule has 0 saturated heterocycles. The van der Waals surface area contributed by atoms with Crippen LogP contribution < -0.4 is 11.1 Å². The summed E-state index contributed by atoms with van der Waals surface area (Å²) in [5.74, 6) is 0. The van der Waals surface area contributed by atoms with Crippen LogP contribution in [0, 0.1) is 0 Å². The summed E-state index contributed by atoms with van der Waals surface area (Å²) in [5.41, 5.74) is 6.98. The first-order chi connectivity index (χ1) is 9.98. The van der Waals surface area contributed by atoms with E-state index in [1.807, 2.05) is 61.5 Å². The van der Waals surface area contributed by atoms with Crippen molar-refractivity contribution in [1.29, 1.82) is 0 Å². The van der Waals surface area contributed by atoms with Gasteiger partial charge in [-0.3, -0.25) is 0 Å². The van der Waals surface area contributed by atoms with Gasteiger partial charge in [-0.1, -0.05) is 60.1 Å². The highest BCUT2D eigenvalue weighted by Crippen LogP contribution is 2.24. The van der Waals surface area contributed by atoms with Crippen LogP contribution in [0.15, 0.2) is 54.6 Å². The van der Waals surface area contributed by atoms with E-state index in [0.29, 0.717) is 17.9 Å². The fourth-order valence-electron chi connectivity index (χ4n) is 2.56. The van der Waals surface area contributed by atoms with Crippen LogP contribution in [-0.2, 0) is 12.8 Å². The summed E-state index contributed by atoms with van der Waals surface area (Å²) in [6.07, 6.45) is 1.30. The molecule has 2 aromatic carbocycles.